The average Bonchev–Trinajstić information content (AvgIpc) is 3.00. The van der Waals surface area contributed by atoms with Crippen molar-refractivity contribution in [3.63, 3.8) is 0 Å². The Kier molecular flexibility index (Phi) is 10.2. The number of carbonyl (C=O) groups excluding carboxylic acids is 1. The number of hydrazone groups is 1. The van der Waals surface area contributed by atoms with E-state index < -0.39 is 22.5 Å². The van der Waals surface area contributed by atoms with Crippen molar-refractivity contribution in [3.8, 4) is 17.2 Å². The van der Waals surface area contributed by atoms with Crippen LogP contribution in [0.15, 0.2) is 107 Å². The van der Waals surface area contributed by atoms with Crippen molar-refractivity contribution in [2.24, 2.45) is 5.10 Å². The highest BCUT2D eigenvalue weighted by Gasteiger charge is 2.27. The van der Waals surface area contributed by atoms with Crippen molar-refractivity contribution in [1.82, 2.24) is 5.43 Å². The number of rotatable bonds is 13. The number of amides is 1. The molecule has 10 heteroatoms. The normalized spacial score (nSPS) is 11.2. The van der Waals surface area contributed by atoms with Crippen molar-refractivity contribution in [1.29, 1.82) is 0 Å². The first kappa shape index (κ1) is 30.1. The molecule has 218 valence electrons. The molecule has 0 radical (unpaired) electrons. The van der Waals surface area contributed by atoms with E-state index in [2.05, 4.69) is 10.5 Å². The number of sulfonamides is 1. The van der Waals surface area contributed by atoms with Gasteiger partial charge in [-0.25, -0.2) is 13.8 Å². The maximum absolute atomic E-state index is 13.6. The number of methoxy groups -OCH3 is 1. The summed E-state index contributed by atoms with van der Waals surface area (Å²) in [6, 6.07) is 28.0. The summed E-state index contributed by atoms with van der Waals surface area (Å²) in [5, 5.41) is 4.05. The van der Waals surface area contributed by atoms with E-state index in [0.717, 1.165) is 15.4 Å². The molecule has 0 atom stereocenters. The fraction of sp³-hybridized carbons (Fsp3) is 0.188. The Labute approximate surface area is 246 Å². The van der Waals surface area contributed by atoms with Crippen LogP contribution in [0.25, 0.3) is 0 Å². The zero-order valence-corrected chi connectivity index (χ0v) is 24.5. The van der Waals surface area contributed by atoms with Crippen molar-refractivity contribution in [3.05, 3.63) is 114 Å². The van der Waals surface area contributed by atoms with Gasteiger partial charge in [0.2, 0.25) is 0 Å². The minimum Gasteiger partial charge on any atom is -0.497 e. The first-order valence-electron chi connectivity index (χ1n) is 13.3. The molecule has 0 spiro atoms. The maximum Gasteiger partial charge on any atom is 0.264 e. The second kappa shape index (κ2) is 14.2. The number of benzene rings is 4. The van der Waals surface area contributed by atoms with Crippen LogP contribution in [-0.2, 0) is 21.4 Å². The predicted molar refractivity (Wildman–Crippen MR) is 163 cm³/mol. The summed E-state index contributed by atoms with van der Waals surface area (Å²) in [7, 11) is -2.59. The van der Waals surface area contributed by atoms with Crippen LogP contribution in [0.5, 0.6) is 17.2 Å². The Morgan fingerprint density at radius 1 is 0.905 bits per heavy atom. The number of nitrogens with one attached hydrogen (secondary N) is 1. The van der Waals surface area contributed by atoms with E-state index in [1.807, 2.05) is 44.2 Å². The van der Waals surface area contributed by atoms with Gasteiger partial charge in [-0.15, -0.1) is 0 Å². The number of ether oxygens (including phenoxy) is 3. The summed E-state index contributed by atoms with van der Waals surface area (Å²) in [6.07, 6.45) is 1.45. The van der Waals surface area contributed by atoms with Gasteiger partial charge in [-0.1, -0.05) is 54.1 Å². The average molecular weight is 588 g/mol. The van der Waals surface area contributed by atoms with Gasteiger partial charge >= 0.3 is 0 Å². The lowest BCUT2D eigenvalue weighted by Gasteiger charge is -2.24. The largest absolute Gasteiger partial charge is 0.497 e. The van der Waals surface area contributed by atoms with Crippen molar-refractivity contribution in [2.75, 3.05) is 24.6 Å². The summed E-state index contributed by atoms with van der Waals surface area (Å²) in [4.78, 5) is 13.0. The van der Waals surface area contributed by atoms with Gasteiger partial charge in [-0.2, -0.15) is 5.10 Å². The van der Waals surface area contributed by atoms with E-state index in [1.165, 1.54) is 25.5 Å². The molecule has 0 saturated heterocycles. The van der Waals surface area contributed by atoms with Crippen LogP contribution in [0.1, 0.15) is 23.6 Å². The third-order valence-corrected chi connectivity index (χ3v) is 7.93. The Hall–Kier alpha value is -4.83. The number of hydrogen-bond donors (Lipinski definition) is 1. The molecule has 1 amide bonds. The Balaban J connectivity index is 1.49. The van der Waals surface area contributed by atoms with Gasteiger partial charge in [0.25, 0.3) is 15.9 Å². The van der Waals surface area contributed by atoms with Crippen LogP contribution in [0.3, 0.4) is 0 Å². The molecular weight excluding hydrogens is 554 g/mol. The zero-order valence-electron chi connectivity index (χ0n) is 23.7. The highest BCUT2D eigenvalue weighted by Crippen LogP contribution is 2.29. The quantitative estimate of drug-likeness (QED) is 0.168. The molecule has 0 saturated carbocycles. The topological polar surface area (TPSA) is 107 Å². The van der Waals surface area contributed by atoms with E-state index in [1.54, 1.807) is 54.6 Å². The molecule has 0 aliphatic heterocycles. The van der Waals surface area contributed by atoms with Crippen LogP contribution in [-0.4, -0.2) is 40.8 Å². The van der Waals surface area contributed by atoms with Gasteiger partial charge in [-0.3, -0.25) is 9.10 Å². The van der Waals surface area contributed by atoms with E-state index in [0.29, 0.717) is 36.0 Å². The van der Waals surface area contributed by atoms with Gasteiger partial charge in [-0.05, 0) is 67.4 Å². The predicted octanol–water partition coefficient (Wildman–Crippen LogP) is 5.33. The molecule has 0 unspecified atom stereocenters. The van der Waals surface area contributed by atoms with Gasteiger partial charge in [0.15, 0.2) is 11.5 Å². The molecular formula is C32H33N3O6S. The van der Waals surface area contributed by atoms with Crippen LogP contribution >= 0.6 is 0 Å². The van der Waals surface area contributed by atoms with E-state index in [4.69, 9.17) is 14.2 Å². The number of anilines is 1. The third kappa shape index (κ3) is 7.88. The second-order valence-corrected chi connectivity index (χ2v) is 11.1. The minimum absolute atomic E-state index is 0.0604. The Morgan fingerprint density at radius 3 is 2.38 bits per heavy atom. The molecule has 0 bridgehead atoms. The standard InChI is InChI=1S/C32H33N3O6S/c1-4-40-31-19-26(15-18-30(31)41-23-25-9-6-5-7-10-25)21-33-34-32(36)22-35(27-11-8-12-28(20-27)39-3)42(37,38)29-16-13-24(2)14-17-29/h5-21H,4,22-23H2,1-3H3,(H,34,36)/b33-21-. The first-order valence-corrected chi connectivity index (χ1v) is 14.7. The molecule has 0 fully saturated rings. The highest BCUT2D eigenvalue weighted by molar-refractivity contribution is 7.92. The van der Waals surface area contributed by atoms with Crippen LogP contribution in [0.2, 0.25) is 0 Å². The lowest BCUT2D eigenvalue weighted by atomic mass is 10.2. The molecule has 0 heterocycles. The van der Waals surface area contributed by atoms with E-state index in [9.17, 15) is 13.2 Å². The van der Waals surface area contributed by atoms with Gasteiger partial charge in [0.1, 0.15) is 18.9 Å². The second-order valence-electron chi connectivity index (χ2n) is 9.23. The zero-order chi connectivity index (χ0) is 30.0. The minimum atomic E-state index is -4.08. The fourth-order valence-corrected chi connectivity index (χ4v) is 5.40. The molecule has 0 aliphatic rings. The lowest BCUT2D eigenvalue weighted by Crippen LogP contribution is -2.39. The van der Waals surface area contributed by atoms with Crippen LogP contribution < -0.4 is 23.9 Å². The number of carbonyl (C=O) groups is 1. The van der Waals surface area contributed by atoms with Crippen molar-refractivity contribution in [2.45, 2.75) is 25.3 Å². The molecule has 42 heavy (non-hydrogen) atoms. The monoisotopic (exact) mass is 587 g/mol. The molecule has 4 aromatic carbocycles. The van der Waals surface area contributed by atoms with Crippen molar-refractivity contribution < 1.29 is 27.4 Å². The molecule has 0 aliphatic carbocycles. The smallest absolute Gasteiger partial charge is 0.264 e. The summed E-state index contributed by atoms with van der Waals surface area (Å²) in [5.74, 6) is 0.947. The SMILES string of the molecule is CCOc1cc(/C=N\NC(=O)CN(c2cccc(OC)c2)S(=O)(=O)c2ccc(C)cc2)ccc1OCc1ccccc1. The van der Waals surface area contributed by atoms with E-state index in [-0.39, 0.29) is 10.6 Å². The summed E-state index contributed by atoms with van der Waals surface area (Å²) >= 11 is 0. The lowest BCUT2D eigenvalue weighted by molar-refractivity contribution is -0.119. The molecule has 1 N–H and O–H groups in total. The number of aryl methyl sites for hydroxylation is 1. The maximum atomic E-state index is 13.6. The summed E-state index contributed by atoms with van der Waals surface area (Å²) in [5.41, 5.74) is 5.30. The third-order valence-electron chi connectivity index (χ3n) is 6.15. The van der Waals surface area contributed by atoms with E-state index >= 15 is 0 Å². The van der Waals surface area contributed by atoms with Gasteiger partial charge in [0.05, 0.1) is 30.5 Å². The highest BCUT2D eigenvalue weighted by atomic mass is 32.2. The fourth-order valence-electron chi connectivity index (χ4n) is 3.99. The summed E-state index contributed by atoms with van der Waals surface area (Å²) < 4.78 is 45.2. The molecule has 0 aromatic heterocycles. The van der Waals surface area contributed by atoms with Crippen LogP contribution in [0.4, 0.5) is 5.69 Å². The molecule has 4 aromatic rings. The van der Waals surface area contributed by atoms with Gasteiger partial charge in [0, 0.05) is 6.07 Å². The molecule has 9 nitrogen and oxygen atoms in total. The van der Waals surface area contributed by atoms with Gasteiger partial charge < -0.3 is 14.2 Å². The van der Waals surface area contributed by atoms with Crippen molar-refractivity contribution >= 4 is 27.8 Å². The van der Waals surface area contributed by atoms with Crippen LogP contribution in [0, 0.1) is 6.92 Å². The molecule has 4 rings (SSSR count). The number of nitrogens with zero attached hydrogens (tertiary/aromatic N) is 2. The number of hydrogen-bond acceptors (Lipinski definition) is 7. The summed E-state index contributed by atoms with van der Waals surface area (Å²) in [6.45, 7) is 4.07. The Morgan fingerprint density at radius 2 is 1.67 bits per heavy atom. The Bertz CT molecular complexity index is 1620. The first-order chi connectivity index (χ1) is 20.3.